The molecule has 114 valence electrons. The monoisotopic (exact) mass is 309 g/mol. The first kappa shape index (κ1) is 18.8. The lowest BCUT2D eigenvalue weighted by atomic mass is 9.98. The number of benzene rings is 1. The number of nitrogens with two attached hydrogens (primary N) is 1. The van der Waals surface area contributed by atoms with Crippen LogP contribution in [0.1, 0.15) is 12.5 Å². The SMILES string of the molecule is CCOC(=O)C(F)(F)[C@H](O)[C@@H](N)Cc1ccccc1.Cl. The van der Waals surface area contributed by atoms with Gasteiger partial charge in [0.05, 0.1) is 6.61 Å². The molecule has 0 saturated carbocycles. The molecular formula is C13H18ClF2NO3. The quantitative estimate of drug-likeness (QED) is 0.782. The fourth-order valence-corrected chi connectivity index (χ4v) is 1.61. The fraction of sp³-hybridized carbons (Fsp3) is 0.462. The molecule has 0 fully saturated rings. The van der Waals surface area contributed by atoms with E-state index in [-0.39, 0.29) is 25.4 Å². The molecule has 0 spiro atoms. The Balaban J connectivity index is 0.00000361. The van der Waals surface area contributed by atoms with Crippen LogP contribution in [0.4, 0.5) is 8.78 Å². The summed E-state index contributed by atoms with van der Waals surface area (Å²) in [7, 11) is 0. The summed E-state index contributed by atoms with van der Waals surface area (Å²) >= 11 is 0. The van der Waals surface area contributed by atoms with Gasteiger partial charge >= 0.3 is 11.9 Å². The van der Waals surface area contributed by atoms with Gasteiger partial charge in [-0.05, 0) is 18.9 Å². The summed E-state index contributed by atoms with van der Waals surface area (Å²) in [6, 6.07) is 7.39. The number of esters is 1. The maximum absolute atomic E-state index is 13.5. The first-order valence-electron chi connectivity index (χ1n) is 5.92. The van der Waals surface area contributed by atoms with Crippen LogP contribution in [-0.2, 0) is 16.0 Å². The number of alkyl halides is 2. The Hall–Kier alpha value is -1.24. The van der Waals surface area contributed by atoms with E-state index in [0.717, 1.165) is 0 Å². The second kappa shape index (κ2) is 8.14. The maximum atomic E-state index is 13.5. The summed E-state index contributed by atoms with van der Waals surface area (Å²) in [5.74, 6) is -5.77. The summed E-state index contributed by atoms with van der Waals surface area (Å²) < 4.78 is 31.3. The third kappa shape index (κ3) is 4.70. The average Bonchev–Trinajstić information content (AvgIpc) is 2.39. The minimum absolute atomic E-state index is 0. The molecule has 0 aromatic heterocycles. The van der Waals surface area contributed by atoms with Crippen molar-refractivity contribution in [3.63, 3.8) is 0 Å². The van der Waals surface area contributed by atoms with Crippen LogP contribution in [0.5, 0.6) is 0 Å². The van der Waals surface area contributed by atoms with Crippen LogP contribution < -0.4 is 5.73 Å². The molecule has 20 heavy (non-hydrogen) atoms. The highest BCUT2D eigenvalue weighted by Crippen LogP contribution is 2.23. The van der Waals surface area contributed by atoms with Crippen LogP contribution in [0.15, 0.2) is 30.3 Å². The number of carbonyl (C=O) groups excluding carboxylic acids is 1. The van der Waals surface area contributed by atoms with Crippen LogP contribution in [0.2, 0.25) is 0 Å². The molecule has 1 rings (SSSR count). The lowest BCUT2D eigenvalue weighted by Gasteiger charge is -2.25. The largest absolute Gasteiger partial charge is 0.461 e. The number of halogens is 3. The van der Waals surface area contributed by atoms with Crippen molar-refractivity contribution in [2.45, 2.75) is 31.4 Å². The van der Waals surface area contributed by atoms with Gasteiger partial charge in [0.25, 0.3) is 0 Å². The number of aliphatic hydroxyl groups is 1. The molecule has 3 N–H and O–H groups in total. The standard InChI is InChI=1S/C13H17F2NO3.ClH/c1-2-19-12(18)13(14,15)11(17)10(16)8-9-6-4-3-5-7-9;/h3-7,10-11,17H,2,8,16H2,1H3;1H/t10-,11+;/m0./s1. The van der Waals surface area contributed by atoms with Crippen molar-refractivity contribution in [3.8, 4) is 0 Å². The predicted octanol–water partition coefficient (Wildman–Crippen LogP) is 1.54. The molecule has 4 nitrogen and oxygen atoms in total. The summed E-state index contributed by atoms with van der Waals surface area (Å²) in [5, 5.41) is 9.53. The lowest BCUT2D eigenvalue weighted by Crippen LogP contribution is -2.53. The first-order chi connectivity index (χ1) is 8.89. The van der Waals surface area contributed by atoms with Crippen LogP contribution in [0.25, 0.3) is 0 Å². The zero-order chi connectivity index (χ0) is 14.5. The van der Waals surface area contributed by atoms with E-state index in [0.29, 0.717) is 5.56 Å². The maximum Gasteiger partial charge on any atom is 0.379 e. The second-order valence-electron chi connectivity index (χ2n) is 4.14. The Morgan fingerprint density at radius 2 is 1.95 bits per heavy atom. The minimum atomic E-state index is -4.01. The van der Waals surface area contributed by atoms with Gasteiger partial charge in [-0.25, -0.2) is 4.79 Å². The van der Waals surface area contributed by atoms with E-state index in [1.165, 1.54) is 6.92 Å². The number of hydrogen-bond acceptors (Lipinski definition) is 4. The van der Waals surface area contributed by atoms with E-state index < -0.39 is 24.0 Å². The summed E-state index contributed by atoms with van der Waals surface area (Å²) in [4.78, 5) is 11.1. The molecule has 2 atom stereocenters. The zero-order valence-corrected chi connectivity index (χ0v) is 11.8. The van der Waals surface area contributed by atoms with Crippen molar-refractivity contribution in [3.05, 3.63) is 35.9 Å². The van der Waals surface area contributed by atoms with E-state index in [4.69, 9.17) is 5.73 Å². The molecule has 0 radical (unpaired) electrons. The van der Waals surface area contributed by atoms with Crippen LogP contribution in [0.3, 0.4) is 0 Å². The highest BCUT2D eigenvalue weighted by Gasteiger charge is 2.50. The minimum Gasteiger partial charge on any atom is -0.461 e. The van der Waals surface area contributed by atoms with Crippen molar-refractivity contribution in [1.82, 2.24) is 0 Å². The lowest BCUT2D eigenvalue weighted by molar-refractivity contribution is -0.190. The molecule has 0 aliphatic rings. The van der Waals surface area contributed by atoms with Crippen molar-refractivity contribution in [2.24, 2.45) is 5.73 Å². The van der Waals surface area contributed by atoms with E-state index in [2.05, 4.69) is 4.74 Å². The van der Waals surface area contributed by atoms with Crippen LogP contribution in [-0.4, -0.2) is 35.8 Å². The van der Waals surface area contributed by atoms with Gasteiger partial charge in [-0.2, -0.15) is 8.78 Å². The molecule has 0 amide bonds. The first-order valence-corrected chi connectivity index (χ1v) is 5.92. The van der Waals surface area contributed by atoms with Crippen molar-refractivity contribution in [2.75, 3.05) is 6.61 Å². The van der Waals surface area contributed by atoms with Gasteiger partial charge in [-0.1, -0.05) is 30.3 Å². The molecular weight excluding hydrogens is 292 g/mol. The fourth-order valence-electron chi connectivity index (χ4n) is 1.61. The molecule has 0 saturated heterocycles. The predicted molar refractivity (Wildman–Crippen MR) is 73.0 cm³/mol. The van der Waals surface area contributed by atoms with Gasteiger partial charge in [0, 0.05) is 6.04 Å². The normalized spacial score (nSPS) is 14.1. The summed E-state index contributed by atoms with van der Waals surface area (Å²) in [6.07, 6.45) is -2.25. The van der Waals surface area contributed by atoms with Crippen molar-refractivity contribution >= 4 is 18.4 Å². The number of carbonyl (C=O) groups is 1. The Labute approximate surface area is 122 Å². The molecule has 1 aromatic carbocycles. The van der Waals surface area contributed by atoms with Gasteiger partial charge in [0.1, 0.15) is 6.10 Å². The van der Waals surface area contributed by atoms with E-state index >= 15 is 0 Å². The second-order valence-corrected chi connectivity index (χ2v) is 4.14. The molecule has 1 aromatic rings. The third-order valence-corrected chi connectivity index (χ3v) is 2.64. The highest BCUT2D eigenvalue weighted by atomic mass is 35.5. The van der Waals surface area contributed by atoms with Crippen LogP contribution in [0, 0.1) is 0 Å². The molecule has 0 heterocycles. The van der Waals surface area contributed by atoms with Crippen LogP contribution >= 0.6 is 12.4 Å². The molecule has 0 unspecified atom stereocenters. The average molecular weight is 310 g/mol. The van der Waals surface area contributed by atoms with Gasteiger partial charge in [0.2, 0.25) is 0 Å². The number of aliphatic hydroxyl groups excluding tert-OH is 1. The Bertz CT molecular complexity index is 417. The number of ether oxygens (including phenoxy) is 1. The smallest absolute Gasteiger partial charge is 0.379 e. The molecule has 0 bridgehead atoms. The third-order valence-electron chi connectivity index (χ3n) is 2.64. The Morgan fingerprint density at radius 3 is 2.45 bits per heavy atom. The summed E-state index contributed by atoms with van der Waals surface area (Å²) in [6.45, 7) is 1.22. The highest BCUT2D eigenvalue weighted by molar-refractivity contribution is 5.85. The van der Waals surface area contributed by atoms with Gasteiger partial charge < -0.3 is 15.6 Å². The van der Waals surface area contributed by atoms with E-state index in [9.17, 15) is 18.7 Å². The molecule has 0 aliphatic carbocycles. The van der Waals surface area contributed by atoms with Crippen molar-refractivity contribution < 1.29 is 23.4 Å². The van der Waals surface area contributed by atoms with Gasteiger partial charge in [-0.3, -0.25) is 0 Å². The number of rotatable bonds is 6. The molecule has 0 aliphatic heterocycles. The van der Waals surface area contributed by atoms with Gasteiger partial charge in [0.15, 0.2) is 0 Å². The Kier molecular flexibility index (Phi) is 7.63. The van der Waals surface area contributed by atoms with E-state index in [1.54, 1.807) is 30.3 Å². The summed E-state index contributed by atoms with van der Waals surface area (Å²) in [5.41, 5.74) is 6.23. The Morgan fingerprint density at radius 1 is 1.40 bits per heavy atom. The van der Waals surface area contributed by atoms with Gasteiger partial charge in [-0.15, -0.1) is 12.4 Å². The van der Waals surface area contributed by atoms with E-state index in [1.807, 2.05) is 0 Å². The zero-order valence-electron chi connectivity index (χ0n) is 11.0. The number of hydrogen-bond donors (Lipinski definition) is 2. The molecule has 7 heteroatoms. The van der Waals surface area contributed by atoms with Crippen molar-refractivity contribution in [1.29, 1.82) is 0 Å². The topological polar surface area (TPSA) is 72.5 Å².